The number of hydrogen-bond acceptors (Lipinski definition) is 6. The van der Waals surface area contributed by atoms with Gasteiger partial charge < -0.3 is 24.6 Å². The molecule has 306 valence electrons. The highest BCUT2D eigenvalue weighted by Gasteiger charge is 2.41. The summed E-state index contributed by atoms with van der Waals surface area (Å²) in [6, 6.07) is 28.7. The van der Waals surface area contributed by atoms with Crippen molar-refractivity contribution in [2.45, 2.75) is 64.1 Å². The molecule has 2 heterocycles. The van der Waals surface area contributed by atoms with Crippen molar-refractivity contribution < 1.29 is 37.0 Å². The first-order chi connectivity index (χ1) is 28.0. The highest BCUT2D eigenvalue weighted by molar-refractivity contribution is 5.95. The van der Waals surface area contributed by atoms with Gasteiger partial charge in [0.1, 0.15) is 11.5 Å². The van der Waals surface area contributed by atoms with E-state index in [1.54, 1.807) is 30.2 Å². The third-order valence-corrected chi connectivity index (χ3v) is 11.2. The number of carbonyl (C=O) groups is 3. The first kappa shape index (κ1) is 42.2. The minimum Gasteiger partial charge on any atom is -0.497 e. The summed E-state index contributed by atoms with van der Waals surface area (Å²) in [5.41, 5.74) is 4.94. The molecule has 0 atom stereocenters. The summed E-state index contributed by atoms with van der Waals surface area (Å²) < 4.78 is 47.7. The highest BCUT2D eigenvalue weighted by atomic mass is 19.4. The molecule has 4 aromatic carbocycles. The van der Waals surface area contributed by atoms with Gasteiger partial charge in [-0.1, -0.05) is 73.9 Å². The largest absolute Gasteiger partial charge is 0.497 e. The summed E-state index contributed by atoms with van der Waals surface area (Å²) >= 11 is 0. The average molecular weight is 796 g/mol. The van der Waals surface area contributed by atoms with Crippen LogP contribution in [0.1, 0.15) is 72.0 Å². The zero-order valence-corrected chi connectivity index (χ0v) is 33.0. The number of hydrogen-bond donors (Lipinski definition) is 1. The molecule has 0 aromatic heterocycles. The van der Waals surface area contributed by atoms with E-state index in [4.69, 9.17) is 4.74 Å². The Morgan fingerprint density at radius 2 is 1.43 bits per heavy atom. The number of piperidine rings is 2. The van der Waals surface area contributed by atoms with Crippen molar-refractivity contribution in [3.63, 3.8) is 0 Å². The predicted octanol–water partition coefficient (Wildman–Crippen LogP) is 9.14. The number of alkyl halides is 3. The van der Waals surface area contributed by atoms with Crippen LogP contribution in [0.15, 0.2) is 103 Å². The minimum atomic E-state index is -5.10. The van der Waals surface area contributed by atoms with E-state index in [0.29, 0.717) is 30.2 Å². The lowest BCUT2D eigenvalue weighted by Gasteiger charge is -2.32. The number of carbonyl (C=O) groups excluding carboxylic acids is 3. The smallest absolute Gasteiger partial charge is 0.491 e. The molecule has 0 aliphatic carbocycles. The fourth-order valence-corrected chi connectivity index (χ4v) is 7.78. The number of halogens is 3. The molecule has 2 aliphatic heterocycles. The van der Waals surface area contributed by atoms with Gasteiger partial charge in [-0.2, -0.15) is 13.2 Å². The predicted molar refractivity (Wildman–Crippen MR) is 219 cm³/mol. The summed E-state index contributed by atoms with van der Waals surface area (Å²) in [4.78, 5) is 42.3. The van der Waals surface area contributed by atoms with E-state index in [1.807, 2.05) is 77.7 Å². The van der Waals surface area contributed by atoms with Gasteiger partial charge in [0.15, 0.2) is 0 Å². The Labute approximate surface area is 339 Å². The standard InChI is InChI=1S/C47H52F3N3O5/c1-57-42-16-11-36(12-17-42)15-20-44(54)53(30-25-37-13-18-43(19-14-37)58-46(56)47(48,49)50)33-38-7-3-8-39(31-38)40-9-4-10-41(32-40)45(55)52-28-23-35(24-29-52)6-2-5-34-21-26-51-27-22-34/h3-4,7-20,31-32,34-35,51H,2,5-6,21-30,33H2,1H3/b20-15+. The maximum Gasteiger partial charge on any atom is 0.491 e. The van der Waals surface area contributed by atoms with Crippen LogP contribution in [0.3, 0.4) is 0 Å². The van der Waals surface area contributed by atoms with E-state index in [0.717, 1.165) is 72.8 Å². The number of esters is 1. The third-order valence-electron chi connectivity index (χ3n) is 11.2. The van der Waals surface area contributed by atoms with Crippen LogP contribution in [0.25, 0.3) is 17.2 Å². The zero-order chi connectivity index (χ0) is 40.9. The Hall–Kier alpha value is -5.42. The monoisotopic (exact) mass is 795 g/mol. The number of benzene rings is 4. The summed E-state index contributed by atoms with van der Waals surface area (Å²) in [5, 5.41) is 3.45. The molecular weight excluding hydrogens is 744 g/mol. The van der Waals surface area contributed by atoms with E-state index in [9.17, 15) is 27.6 Å². The second-order valence-electron chi connectivity index (χ2n) is 15.3. The Balaban J connectivity index is 1.10. The Kier molecular flexibility index (Phi) is 14.8. The molecule has 0 radical (unpaired) electrons. The van der Waals surface area contributed by atoms with Gasteiger partial charge in [0, 0.05) is 37.8 Å². The molecule has 58 heavy (non-hydrogen) atoms. The third kappa shape index (κ3) is 12.3. The van der Waals surface area contributed by atoms with Crippen LogP contribution >= 0.6 is 0 Å². The average Bonchev–Trinajstić information content (AvgIpc) is 3.25. The van der Waals surface area contributed by atoms with Crippen molar-refractivity contribution in [1.82, 2.24) is 15.1 Å². The molecule has 8 nitrogen and oxygen atoms in total. The van der Waals surface area contributed by atoms with Crippen LogP contribution in [0, 0.1) is 11.8 Å². The summed E-state index contributed by atoms with van der Waals surface area (Å²) in [6.07, 6.45) is 7.07. The second kappa shape index (κ2) is 20.3. The first-order valence-corrected chi connectivity index (χ1v) is 20.2. The van der Waals surface area contributed by atoms with E-state index in [-0.39, 0.29) is 24.1 Å². The SMILES string of the molecule is COc1ccc(/C=C/C(=O)N(CCc2ccc(OC(=O)C(F)(F)F)cc2)Cc2cccc(-c3cccc(C(=O)N4CCC(CCCC5CCNCC5)CC4)c3)c2)cc1. The number of rotatable bonds is 15. The van der Waals surface area contributed by atoms with Crippen LogP contribution in [-0.4, -0.2) is 73.6 Å². The Morgan fingerprint density at radius 3 is 2.10 bits per heavy atom. The Bertz CT molecular complexity index is 2000. The number of likely N-dealkylation sites (tertiary alicyclic amines) is 1. The van der Waals surface area contributed by atoms with Gasteiger partial charge in [0.2, 0.25) is 5.91 Å². The van der Waals surface area contributed by atoms with Crippen LogP contribution < -0.4 is 14.8 Å². The fourth-order valence-electron chi connectivity index (χ4n) is 7.78. The maximum atomic E-state index is 13.7. The van der Waals surface area contributed by atoms with Gasteiger partial charge >= 0.3 is 12.1 Å². The number of nitrogens with zero attached hydrogens (tertiary/aromatic N) is 2. The molecule has 4 aromatic rings. The molecule has 2 amide bonds. The summed E-state index contributed by atoms with van der Waals surface area (Å²) in [7, 11) is 1.59. The van der Waals surface area contributed by atoms with Crippen molar-refractivity contribution in [3.05, 3.63) is 125 Å². The zero-order valence-electron chi connectivity index (χ0n) is 33.0. The van der Waals surface area contributed by atoms with Gasteiger partial charge in [0.05, 0.1) is 7.11 Å². The highest BCUT2D eigenvalue weighted by Crippen LogP contribution is 2.29. The van der Waals surface area contributed by atoms with Crippen LogP contribution in [0.2, 0.25) is 0 Å². The molecule has 11 heteroatoms. The quantitative estimate of drug-likeness (QED) is 0.0734. The summed E-state index contributed by atoms with van der Waals surface area (Å²) in [5.74, 6) is -0.437. The lowest BCUT2D eigenvalue weighted by atomic mass is 9.87. The first-order valence-electron chi connectivity index (χ1n) is 20.2. The molecule has 0 spiro atoms. The normalized spacial score (nSPS) is 15.3. The fraction of sp³-hybridized carbons (Fsp3) is 0.383. The molecule has 0 unspecified atom stereocenters. The number of amides is 2. The summed E-state index contributed by atoms with van der Waals surface area (Å²) in [6.45, 7) is 4.44. The van der Waals surface area contributed by atoms with Crippen molar-refractivity contribution in [3.8, 4) is 22.6 Å². The number of nitrogens with one attached hydrogen (secondary N) is 1. The van der Waals surface area contributed by atoms with Crippen molar-refractivity contribution in [1.29, 1.82) is 0 Å². The van der Waals surface area contributed by atoms with Gasteiger partial charge in [0.25, 0.3) is 5.91 Å². The molecular formula is C47H52F3N3O5. The second-order valence-corrected chi connectivity index (χ2v) is 15.3. The molecule has 2 fully saturated rings. The topological polar surface area (TPSA) is 88.2 Å². The molecule has 2 saturated heterocycles. The van der Waals surface area contributed by atoms with E-state index >= 15 is 0 Å². The van der Waals surface area contributed by atoms with Crippen molar-refractivity contribution >= 4 is 23.9 Å². The van der Waals surface area contributed by atoms with Crippen LogP contribution in [0.5, 0.6) is 11.5 Å². The van der Waals surface area contributed by atoms with Gasteiger partial charge in [-0.15, -0.1) is 0 Å². The Morgan fingerprint density at radius 1 is 0.793 bits per heavy atom. The van der Waals surface area contributed by atoms with Crippen molar-refractivity contribution in [2.75, 3.05) is 39.8 Å². The number of methoxy groups -OCH3 is 1. The minimum absolute atomic E-state index is 0.0538. The molecule has 2 aliphatic rings. The maximum absolute atomic E-state index is 13.7. The van der Waals surface area contributed by atoms with E-state index in [2.05, 4.69) is 10.1 Å². The van der Waals surface area contributed by atoms with E-state index < -0.39 is 12.1 Å². The molecule has 0 saturated carbocycles. The van der Waals surface area contributed by atoms with Gasteiger partial charge in [-0.25, -0.2) is 4.79 Å². The van der Waals surface area contributed by atoms with Crippen molar-refractivity contribution in [2.24, 2.45) is 11.8 Å². The molecule has 1 N–H and O–H groups in total. The van der Waals surface area contributed by atoms with E-state index in [1.165, 1.54) is 50.3 Å². The molecule has 0 bridgehead atoms. The van der Waals surface area contributed by atoms with Gasteiger partial charge in [-0.05, 0) is 133 Å². The lowest BCUT2D eigenvalue weighted by molar-refractivity contribution is -0.189. The van der Waals surface area contributed by atoms with Crippen LogP contribution in [0.4, 0.5) is 13.2 Å². The molecule has 6 rings (SSSR count). The van der Waals surface area contributed by atoms with Gasteiger partial charge in [-0.3, -0.25) is 9.59 Å². The number of ether oxygens (including phenoxy) is 2. The lowest BCUT2D eigenvalue weighted by Crippen LogP contribution is -2.38. The van der Waals surface area contributed by atoms with Crippen LogP contribution in [-0.2, 0) is 22.6 Å².